The van der Waals surface area contributed by atoms with Crippen LogP contribution < -0.4 is 11.1 Å². The molecule has 19 heavy (non-hydrogen) atoms. The number of nitrogens with zero attached hydrogens (tertiary/aromatic N) is 2. The topological polar surface area (TPSA) is 63.8 Å². The maximum absolute atomic E-state index is 13.5. The Morgan fingerprint density at radius 1 is 1.05 bits per heavy atom. The molecule has 0 saturated carbocycles. The number of nitrogens with two attached hydrogens (primary N) is 1. The summed E-state index contributed by atoms with van der Waals surface area (Å²) in [5.41, 5.74) is 5.32. The van der Waals surface area contributed by atoms with Crippen LogP contribution in [0.15, 0.2) is 23.4 Å². The lowest BCUT2D eigenvalue weighted by Gasteiger charge is -2.08. The summed E-state index contributed by atoms with van der Waals surface area (Å²) in [5.74, 6) is -2.96. The van der Waals surface area contributed by atoms with Crippen LogP contribution >= 0.6 is 11.8 Å². The highest BCUT2D eigenvalue weighted by Crippen LogP contribution is 2.23. The van der Waals surface area contributed by atoms with Crippen LogP contribution in [0.25, 0.3) is 0 Å². The van der Waals surface area contributed by atoms with Crippen molar-refractivity contribution < 1.29 is 13.2 Å². The van der Waals surface area contributed by atoms with E-state index >= 15 is 0 Å². The molecule has 2 rings (SSSR count). The maximum atomic E-state index is 13.5. The second-order valence-electron chi connectivity index (χ2n) is 3.54. The number of halogens is 3. The van der Waals surface area contributed by atoms with Gasteiger partial charge in [-0.1, -0.05) is 11.8 Å². The van der Waals surface area contributed by atoms with Crippen LogP contribution in [0.3, 0.4) is 0 Å². The number of anilines is 3. The molecule has 0 fully saturated rings. The van der Waals surface area contributed by atoms with Gasteiger partial charge in [0.1, 0.15) is 17.5 Å². The van der Waals surface area contributed by atoms with E-state index in [1.54, 1.807) is 6.26 Å². The Labute approximate surface area is 111 Å². The summed E-state index contributed by atoms with van der Waals surface area (Å²) in [6, 6.07) is 2.53. The zero-order valence-corrected chi connectivity index (χ0v) is 10.6. The lowest BCUT2D eigenvalue weighted by Crippen LogP contribution is -2.02. The predicted molar refractivity (Wildman–Crippen MR) is 67.8 cm³/mol. The van der Waals surface area contributed by atoms with Gasteiger partial charge in [-0.15, -0.1) is 0 Å². The van der Waals surface area contributed by atoms with E-state index in [1.165, 1.54) is 17.8 Å². The number of thioether (sulfide) groups is 1. The first-order chi connectivity index (χ1) is 8.99. The van der Waals surface area contributed by atoms with E-state index in [-0.39, 0.29) is 17.3 Å². The highest BCUT2D eigenvalue weighted by atomic mass is 32.2. The van der Waals surface area contributed by atoms with E-state index in [2.05, 4.69) is 15.3 Å². The van der Waals surface area contributed by atoms with E-state index < -0.39 is 17.5 Å². The minimum Gasteiger partial charge on any atom is -0.383 e. The fourth-order valence-corrected chi connectivity index (χ4v) is 1.74. The summed E-state index contributed by atoms with van der Waals surface area (Å²) < 4.78 is 39.3. The Kier molecular flexibility index (Phi) is 3.79. The van der Waals surface area contributed by atoms with Crippen LogP contribution in [-0.4, -0.2) is 16.2 Å². The van der Waals surface area contributed by atoms with Gasteiger partial charge in [0.15, 0.2) is 16.8 Å². The van der Waals surface area contributed by atoms with Crippen molar-refractivity contribution in [1.82, 2.24) is 9.97 Å². The summed E-state index contributed by atoms with van der Waals surface area (Å²) >= 11 is 1.25. The second-order valence-corrected chi connectivity index (χ2v) is 4.31. The minimum absolute atomic E-state index is 0.185. The first-order valence-corrected chi connectivity index (χ1v) is 6.32. The molecule has 0 bridgehead atoms. The summed E-state index contributed by atoms with van der Waals surface area (Å²) in [6.07, 6.45) is 1.75. The molecule has 0 radical (unpaired) electrons. The molecule has 3 N–H and O–H groups in total. The summed E-state index contributed by atoms with van der Waals surface area (Å²) in [7, 11) is 0. The molecule has 1 aromatic carbocycles. The second kappa shape index (κ2) is 5.35. The molecule has 0 spiro atoms. The van der Waals surface area contributed by atoms with Crippen molar-refractivity contribution in [3.05, 3.63) is 35.7 Å². The molecule has 1 aromatic heterocycles. The van der Waals surface area contributed by atoms with Crippen molar-refractivity contribution in [2.75, 3.05) is 17.3 Å². The lowest BCUT2D eigenvalue weighted by molar-refractivity contribution is 0.496. The van der Waals surface area contributed by atoms with E-state index in [9.17, 15) is 13.2 Å². The van der Waals surface area contributed by atoms with E-state index in [0.29, 0.717) is 17.3 Å². The zero-order chi connectivity index (χ0) is 14.0. The van der Waals surface area contributed by atoms with E-state index in [4.69, 9.17) is 5.73 Å². The van der Waals surface area contributed by atoms with Crippen molar-refractivity contribution in [3.8, 4) is 0 Å². The summed E-state index contributed by atoms with van der Waals surface area (Å²) in [4.78, 5) is 7.93. The molecule has 0 atom stereocenters. The summed E-state index contributed by atoms with van der Waals surface area (Å²) in [6.45, 7) is 0. The Morgan fingerprint density at radius 3 is 2.42 bits per heavy atom. The van der Waals surface area contributed by atoms with Crippen LogP contribution in [0.4, 0.5) is 30.5 Å². The number of hydrogen-bond donors (Lipinski definition) is 2. The quantitative estimate of drug-likeness (QED) is 0.516. The third kappa shape index (κ3) is 3.08. The van der Waals surface area contributed by atoms with Gasteiger partial charge in [0.2, 0.25) is 0 Å². The first kappa shape index (κ1) is 13.5. The molecule has 0 aliphatic carbocycles. The van der Waals surface area contributed by atoms with Crippen LogP contribution in [-0.2, 0) is 0 Å². The Balaban J connectivity index is 2.36. The zero-order valence-electron chi connectivity index (χ0n) is 9.75. The minimum atomic E-state index is -1.25. The van der Waals surface area contributed by atoms with Gasteiger partial charge in [-0.2, -0.15) is 0 Å². The molecule has 0 aliphatic rings. The Hall–Kier alpha value is -1.96. The van der Waals surface area contributed by atoms with Crippen LogP contribution in [0.2, 0.25) is 0 Å². The third-order valence-corrected chi connectivity index (χ3v) is 2.73. The van der Waals surface area contributed by atoms with Gasteiger partial charge in [-0.3, -0.25) is 0 Å². The average molecular weight is 286 g/mol. The molecule has 8 heteroatoms. The average Bonchev–Trinajstić information content (AvgIpc) is 2.35. The highest BCUT2D eigenvalue weighted by Gasteiger charge is 2.11. The van der Waals surface area contributed by atoms with Gasteiger partial charge in [0, 0.05) is 18.2 Å². The van der Waals surface area contributed by atoms with Gasteiger partial charge >= 0.3 is 0 Å². The molecule has 2 aromatic rings. The van der Waals surface area contributed by atoms with Crippen molar-refractivity contribution in [3.63, 3.8) is 0 Å². The lowest BCUT2D eigenvalue weighted by atomic mass is 10.3. The van der Waals surface area contributed by atoms with Gasteiger partial charge in [0.05, 0.1) is 5.69 Å². The highest BCUT2D eigenvalue weighted by molar-refractivity contribution is 7.98. The molecule has 0 aliphatic heterocycles. The van der Waals surface area contributed by atoms with Crippen LogP contribution in [0.5, 0.6) is 0 Å². The smallest absolute Gasteiger partial charge is 0.191 e. The molecule has 0 unspecified atom stereocenters. The first-order valence-electron chi connectivity index (χ1n) is 5.09. The standard InChI is InChI=1S/C11H9F3N4S/c1-19-11-17-9(15)4-10(18-11)16-8-3-6(13)5(12)2-7(8)14/h2-4H,1H3,(H3,15,16,17,18). The molecule has 0 saturated heterocycles. The maximum Gasteiger partial charge on any atom is 0.191 e. The Bertz CT molecular complexity index is 621. The molecular weight excluding hydrogens is 277 g/mol. The number of rotatable bonds is 3. The van der Waals surface area contributed by atoms with Crippen molar-refractivity contribution in [1.29, 1.82) is 0 Å². The van der Waals surface area contributed by atoms with Gasteiger partial charge in [-0.05, 0) is 6.26 Å². The molecule has 4 nitrogen and oxygen atoms in total. The number of nitrogen functional groups attached to an aromatic ring is 1. The fourth-order valence-electron chi connectivity index (χ4n) is 1.35. The largest absolute Gasteiger partial charge is 0.383 e. The normalized spacial score (nSPS) is 10.5. The van der Waals surface area contributed by atoms with Gasteiger partial charge in [0.25, 0.3) is 0 Å². The molecule has 0 amide bonds. The van der Waals surface area contributed by atoms with Crippen molar-refractivity contribution >= 4 is 29.1 Å². The number of hydrogen-bond acceptors (Lipinski definition) is 5. The van der Waals surface area contributed by atoms with Crippen LogP contribution in [0, 0.1) is 17.5 Å². The molecule has 1 heterocycles. The SMILES string of the molecule is CSc1nc(N)cc(Nc2cc(F)c(F)cc2F)n1. The third-order valence-electron chi connectivity index (χ3n) is 2.18. The van der Waals surface area contributed by atoms with Gasteiger partial charge in [-0.25, -0.2) is 23.1 Å². The fraction of sp³-hybridized carbons (Fsp3) is 0.0909. The molecule has 100 valence electrons. The monoisotopic (exact) mass is 286 g/mol. The number of nitrogens with one attached hydrogen (secondary N) is 1. The summed E-state index contributed by atoms with van der Waals surface area (Å²) in [5, 5.41) is 2.91. The van der Waals surface area contributed by atoms with Crippen molar-refractivity contribution in [2.45, 2.75) is 5.16 Å². The predicted octanol–water partition coefficient (Wildman–Crippen LogP) is 2.94. The van der Waals surface area contributed by atoms with E-state index in [1.807, 2.05) is 0 Å². The van der Waals surface area contributed by atoms with E-state index in [0.717, 1.165) is 0 Å². The molecular formula is C11H9F3N4S. The van der Waals surface area contributed by atoms with Crippen LogP contribution in [0.1, 0.15) is 0 Å². The van der Waals surface area contributed by atoms with Crippen molar-refractivity contribution in [2.24, 2.45) is 0 Å². The number of aromatic nitrogens is 2. The van der Waals surface area contributed by atoms with Gasteiger partial charge < -0.3 is 11.1 Å². The Morgan fingerprint density at radius 2 is 1.74 bits per heavy atom. The number of benzene rings is 1.